The van der Waals surface area contributed by atoms with Gasteiger partial charge in [0.15, 0.2) is 0 Å². The molecule has 1 N–H and O–H groups in total. The predicted molar refractivity (Wildman–Crippen MR) is 94.7 cm³/mol. The number of fused-ring (bicyclic) bond motifs is 1. The maximum atomic E-state index is 12.1. The van der Waals surface area contributed by atoms with Crippen LogP contribution in [0.5, 0.6) is 5.75 Å². The average molecular weight is 339 g/mol. The molecule has 0 aliphatic carbocycles. The van der Waals surface area contributed by atoms with Crippen molar-refractivity contribution >= 4 is 34.8 Å². The fourth-order valence-corrected chi connectivity index (χ4v) is 2.64. The van der Waals surface area contributed by atoms with Crippen LogP contribution in [-0.4, -0.2) is 12.5 Å². The lowest BCUT2D eigenvalue weighted by Gasteiger charge is -2.05. The highest BCUT2D eigenvalue weighted by Crippen LogP contribution is 2.35. The normalized spacial score (nSPS) is 14.2. The number of anilines is 1. The summed E-state index contributed by atoms with van der Waals surface area (Å²) in [5, 5.41) is 11.9. The largest absolute Gasteiger partial charge is 0.494 e. The van der Waals surface area contributed by atoms with Crippen molar-refractivity contribution in [2.24, 2.45) is 0 Å². The number of hydrogen-bond acceptors (Lipinski definition) is 3. The van der Waals surface area contributed by atoms with Crippen LogP contribution in [0.3, 0.4) is 0 Å². The summed E-state index contributed by atoms with van der Waals surface area (Å²) in [7, 11) is 0. The molecule has 0 unspecified atom stereocenters. The minimum atomic E-state index is -0.135. The summed E-state index contributed by atoms with van der Waals surface area (Å²) in [5.41, 5.74) is 3.07. The zero-order valence-electron chi connectivity index (χ0n) is 12.9. The van der Waals surface area contributed by atoms with Gasteiger partial charge in [0.25, 0.3) is 5.91 Å². The minimum Gasteiger partial charge on any atom is -0.494 e. The molecule has 0 spiro atoms. The number of carbonyl (C=O) groups is 1. The maximum Gasteiger partial charge on any atom is 0.256 e. The summed E-state index contributed by atoms with van der Waals surface area (Å²) >= 11 is 6.03. The number of amides is 1. The molecule has 0 atom stereocenters. The summed E-state index contributed by atoms with van der Waals surface area (Å²) in [6.45, 7) is 0.516. The van der Waals surface area contributed by atoms with Crippen LogP contribution in [0, 0.1) is 11.3 Å². The fraction of sp³-hybridized carbons (Fsp3) is 0.158. The van der Waals surface area contributed by atoms with Gasteiger partial charge < -0.3 is 10.1 Å². The zero-order valence-corrected chi connectivity index (χ0v) is 13.6. The van der Waals surface area contributed by atoms with E-state index in [1.807, 2.05) is 30.3 Å². The summed E-state index contributed by atoms with van der Waals surface area (Å²) in [4.78, 5) is 12.1. The van der Waals surface area contributed by atoms with Gasteiger partial charge in [0.2, 0.25) is 0 Å². The van der Waals surface area contributed by atoms with Crippen LogP contribution in [0.1, 0.15) is 24.0 Å². The number of rotatable bonds is 5. The Morgan fingerprint density at radius 2 is 2.00 bits per heavy atom. The van der Waals surface area contributed by atoms with Crippen LogP contribution in [0.4, 0.5) is 5.69 Å². The Bertz CT molecular complexity index is 835. The molecule has 1 heterocycles. The lowest BCUT2D eigenvalue weighted by atomic mass is 10.0. The van der Waals surface area contributed by atoms with E-state index in [-0.39, 0.29) is 5.91 Å². The highest BCUT2D eigenvalue weighted by atomic mass is 35.5. The Morgan fingerprint density at radius 3 is 2.75 bits per heavy atom. The number of hydrogen-bond donors (Lipinski definition) is 1. The lowest BCUT2D eigenvalue weighted by Crippen LogP contribution is -2.03. The van der Waals surface area contributed by atoms with Crippen LogP contribution in [-0.2, 0) is 4.79 Å². The third-order valence-electron chi connectivity index (χ3n) is 3.66. The van der Waals surface area contributed by atoms with Crippen molar-refractivity contribution in [3.05, 3.63) is 58.6 Å². The molecule has 0 aromatic heterocycles. The summed E-state index contributed by atoms with van der Waals surface area (Å²) < 4.78 is 5.56. The highest BCUT2D eigenvalue weighted by molar-refractivity contribution is 6.36. The predicted octanol–water partition coefficient (Wildman–Crippen LogP) is 4.52. The summed E-state index contributed by atoms with van der Waals surface area (Å²) in [6, 6.07) is 14.9. The zero-order chi connectivity index (χ0) is 16.9. The van der Waals surface area contributed by atoms with Crippen LogP contribution in [0.2, 0.25) is 5.02 Å². The van der Waals surface area contributed by atoms with E-state index in [9.17, 15) is 4.79 Å². The molecular formula is C19H15ClN2O2. The first kappa shape index (κ1) is 16.1. The maximum absolute atomic E-state index is 12.1. The van der Waals surface area contributed by atoms with Crippen molar-refractivity contribution < 1.29 is 9.53 Å². The molecular weight excluding hydrogens is 324 g/mol. The molecule has 24 heavy (non-hydrogen) atoms. The third-order valence-corrected chi connectivity index (χ3v) is 3.89. The molecule has 1 aliphatic rings. The van der Waals surface area contributed by atoms with Crippen LogP contribution in [0.25, 0.3) is 11.6 Å². The van der Waals surface area contributed by atoms with Gasteiger partial charge in [0.1, 0.15) is 5.75 Å². The van der Waals surface area contributed by atoms with Crippen molar-refractivity contribution in [1.29, 1.82) is 5.26 Å². The van der Waals surface area contributed by atoms with Crippen molar-refractivity contribution in [3.8, 4) is 11.8 Å². The lowest BCUT2D eigenvalue weighted by molar-refractivity contribution is -0.110. The monoisotopic (exact) mass is 338 g/mol. The number of unbranched alkanes of at least 4 members (excludes halogenated alkanes) is 1. The molecule has 3 rings (SSSR count). The molecule has 0 radical (unpaired) electrons. The second-order valence-electron chi connectivity index (χ2n) is 5.38. The number of nitrogens with zero attached hydrogens (tertiary/aromatic N) is 1. The van der Waals surface area contributed by atoms with E-state index < -0.39 is 0 Å². The average Bonchev–Trinajstić information content (AvgIpc) is 2.88. The van der Waals surface area contributed by atoms with Crippen molar-refractivity contribution in [2.75, 3.05) is 11.9 Å². The van der Waals surface area contributed by atoms with Gasteiger partial charge in [-0.15, -0.1) is 0 Å². The number of ether oxygens (including phenoxy) is 1. The Balaban J connectivity index is 1.76. The smallest absolute Gasteiger partial charge is 0.256 e. The minimum absolute atomic E-state index is 0.135. The van der Waals surface area contributed by atoms with Gasteiger partial charge in [-0.1, -0.05) is 23.7 Å². The first-order chi connectivity index (χ1) is 11.7. The van der Waals surface area contributed by atoms with E-state index >= 15 is 0 Å². The highest BCUT2D eigenvalue weighted by Gasteiger charge is 2.24. The molecule has 0 saturated heterocycles. The van der Waals surface area contributed by atoms with E-state index in [2.05, 4.69) is 11.4 Å². The number of carbonyl (C=O) groups excluding carboxylic acids is 1. The summed E-state index contributed by atoms with van der Waals surface area (Å²) in [6.07, 6.45) is 3.03. The van der Waals surface area contributed by atoms with E-state index in [0.29, 0.717) is 30.0 Å². The second kappa shape index (κ2) is 7.20. The molecule has 0 saturated carbocycles. The molecule has 0 bridgehead atoms. The molecule has 5 heteroatoms. The Morgan fingerprint density at radius 1 is 1.21 bits per heavy atom. The number of nitriles is 1. The quantitative estimate of drug-likeness (QED) is 0.644. The molecule has 120 valence electrons. The topological polar surface area (TPSA) is 62.1 Å². The molecule has 2 aromatic carbocycles. The van der Waals surface area contributed by atoms with Crippen LogP contribution < -0.4 is 10.1 Å². The molecule has 4 nitrogen and oxygen atoms in total. The first-order valence-corrected chi connectivity index (χ1v) is 7.98. The summed E-state index contributed by atoms with van der Waals surface area (Å²) in [5.74, 6) is 0.610. The van der Waals surface area contributed by atoms with Gasteiger partial charge in [-0.25, -0.2) is 0 Å². The van der Waals surface area contributed by atoms with Crippen molar-refractivity contribution in [2.45, 2.75) is 12.8 Å². The number of halogens is 1. The third kappa shape index (κ3) is 3.58. The van der Waals surface area contributed by atoms with Gasteiger partial charge in [-0.2, -0.15) is 5.26 Å². The fourth-order valence-electron chi connectivity index (χ4n) is 2.47. The molecule has 0 fully saturated rings. The van der Waals surface area contributed by atoms with E-state index in [1.54, 1.807) is 18.2 Å². The van der Waals surface area contributed by atoms with Crippen LogP contribution in [0.15, 0.2) is 42.5 Å². The second-order valence-corrected chi connectivity index (χ2v) is 5.82. The SMILES string of the molecule is N#CCCCOc1ccc(/C=C2/C(=O)Nc3ccc(Cl)cc32)cc1. The van der Waals surface area contributed by atoms with Crippen molar-refractivity contribution in [1.82, 2.24) is 0 Å². The van der Waals surface area contributed by atoms with Gasteiger partial charge in [0.05, 0.1) is 12.7 Å². The standard InChI is InChI=1S/C19H15ClN2O2/c20-14-5-8-18-16(12-14)17(19(23)22-18)11-13-3-6-15(7-4-13)24-10-2-1-9-21/h3-8,11-12H,1-2,10H2,(H,22,23)/b17-11+. The van der Waals surface area contributed by atoms with E-state index in [4.69, 9.17) is 21.6 Å². The number of nitrogens with one attached hydrogen (secondary N) is 1. The number of benzene rings is 2. The van der Waals surface area contributed by atoms with E-state index in [1.165, 1.54) is 0 Å². The van der Waals surface area contributed by atoms with E-state index in [0.717, 1.165) is 22.6 Å². The van der Waals surface area contributed by atoms with Gasteiger partial charge in [-0.05, 0) is 48.4 Å². The van der Waals surface area contributed by atoms with Gasteiger partial charge >= 0.3 is 0 Å². The van der Waals surface area contributed by atoms with Crippen LogP contribution >= 0.6 is 11.6 Å². The molecule has 1 aliphatic heterocycles. The Labute approximate surface area is 145 Å². The van der Waals surface area contributed by atoms with Gasteiger partial charge in [0, 0.05) is 28.3 Å². The molecule has 1 amide bonds. The Kier molecular flexibility index (Phi) is 4.83. The van der Waals surface area contributed by atoms with Gasteiger partial charge in [-0.3, -0.25) is 4.79 Å². The van der Waals surface area contributed by atoms with Crippen molar-refractivity contribution in [3.63, 3.8) is 0 Å². The first-order valence-electron chi connectivity index (χ1n) is 7.60. The molecule has 2 aromatic rings. The Hall–Kier alpha value is -2.77.